The first-order valence-electron chi connectivity index (χ1n) is 6.63. The Morgan fingerprint density at radius 1 is 0.850 bits per heavy atom. The molecule has 3 nitrogen and oxygen atoms in total. The van der Waals surface area contributed by atoms with Crippen LogP contribution in [0.3, 0.4) is 0 Å². The van der Waals surface area contributed by atoms with Crippen molar-refractivity contribution in [3.05, 3.63) is 66.6 Å². The van der Waals surface area contributed by atoms with E-state index in [4.69, 9.17) is 4.98 Å². The quantitative estimate of drug-likeness (QED) is 0.519. The van der Waals surface area contributed by atoms with Crippen molar-refractivity contribution in [2.45, 2.75) is 6.92 Å². The van der Waals surface area contributed by atoms with E-state index < -0.39 is 0 Å². The molecule has 0 fully saturated rings. The molecule has 3 heteroatoms. The Hall–Kier alpha value is -2.68. The minimum atomic E-state index is 0.952. The fourth-order valence-corrected chi connectivity index (χ4v) is 2.55. The molecule has 0 N–H and O–H groups in total. The van der Waals surface area contributed by atoms with Crippen LogP contribution in [-0.2, 0) is 0 Å². The summed E-state index contributed by atoms with van der Waals surface area (Å²) in [6, 6.07) is 18.4. The zero-order valence-corrected chi connectivity index (χ0v) is 11.1. The van der Waals surface area contributed by atoms with Gasteiger partial charge in [-0.2, -0.15) is 0 Å². The molecule has 2 heterocycles. The summed E-state index contributed by atoms with van der Waals surface area (Å²) in [7, 11) is 0. The van der Waals surface area contributed by atoms with Gasteiger partial charge in [0, 0.05) is 17.1 Å². The maximum atomic E-state index is 4.79. The lowest BCUT2D eigenvalue weighted by Crippen LogP contribution is -1.95. The number of para-hydroxylation sites is 1. The maximum Gasteiger partial charge on any atom is 0.148 e. The monoisotopic (exact) mass is 259 g/mol. The Morgan fingerprint density at radius 3 is 2.45 bits per heavy atom. The number of fused-ring (bicyclic) bond motifs is 3. The van der Waals surface area contributed by atoms with Crippen molar-refractivity contribution in [3.8, 4) is 11.3 Å². The van der Waals surface area contributed by atoms with Gasteiger partial charge >= 0.3 is 0 Å². The first-order valence-corrected chi connectivity index (χ1v) is 6.63. The number of hydrogen-bond acceptors (Lipinski definition) is 2. The summed E-state index contributed by atoms with van der Waals surface area (Å²) >= 11 is 0. The second kappa shape index (κ2) is 4.17. The topological polar surface area (TPSA) is 30.2 Å². The zero-order chi connectivity index (χ0) is 13.5. The fraction of sp³-hybridized carbons (Fsp3) is 0.0588. The van der Waals surface area contributed by atoms with Crippen LogP contribution in [0.4, 0.5) is 0 Å². The summed E-state index contributed by atoms with van der Waals surface area (Å²) in [5.41, 5.74) is 4.06. The second-order valence-corrected chi connectivity index (χ2v) is 4.86. The molecule has 0 saturated heterocycles. The average molecular weight is 259 g/mol. The van der Waals surface area contributed by atoms with Crippen LogP contribution in [0.1, 0.15) is 5.82 Å². The number of aryl methyl sites for hydroxylation is 1. The largest absolute Gasteiger partial charge is 0.287 e. The number of benzene rings is 2. The number of nitrogens with zero attached hydrogens (tertiary/aromatic N) is 3. The molecule has 4 rings (SSSR count). The molecule has 96 valence electrons. The minimum absolute atomic E-state index is 0.952. The minimum Gasteiger partial charge on any atom is -0.287 e. The molecule has 0 aliphatic rings. The highest BCUT2D eigenvalue weighted by atomic mass is 15.1. The molecule has 0 spiro atoms. The van der Waals surface area contributed by atoms with Crippen LogP contribution in [0, 0.1) is 6.92 Å². The van der Waals surface area contributed by atoms with E-state index in [1.54, 1.807) is 0 Å². The molecule has 0 radical (unpaired) electrons. The zero-order valence-electron chi connectivity index (χ0n) is 11.1. The first kappa shape index (κ1) is 11.2. The van der Waals surface area contributed by atoms with Gasteiger partial charge in [0.1, 0.15) is 11.5 Å². The van der Waals surface area contributed by atoms with Crippen LogP contribution in [0.2, 0.25) is 0 Å². The smallest absolute Gasteiger partial charge is 0.148 e. The van der Waals surface area contributed by atoms with Gasteiger partial charge < -0.3 is 0 Å². The van der Waals surface area contributed by atoms with E-state index >= 15 is 0 Å². The molecule has 0 atom stereocenters. The van der Waals surface area contributed by atoms with Crippen LogP contribution in [0.15, 0.2) is 60.8 Å². The molecule has 0 amide bonds. The maximum absolute atomic E-state index is 4.79. The van der Waals surface area contributed by atoms with Gasteiger partial charge in [0.05, 0.1) is 11.2 Å². The van der Waals surface area contributed by atoms with Gasteiger partial charge in [-0.25, -0.2) is 9.97 Å². The van der Waals surface area contributed by atoms with E-state index in [9.17, 15) is 0 Å². The van der Waals surface area contributed by atoms with Crippen LogP contribution in [0.25, 0.3) is 27.8 Å². The molecule has 0 bridgehead atoms. The van der Waals surface area contributed by atoms with Crippen LogP contribution in [0.5, 0.6) is 0 Å². The van der Waals surface area contributed by atoms with Crippen LogP contribution in [-0.4, -0.2) is 14.4 Å². The Balaban J connectivity index is 2.08. The van der Waals surface area contributed by atoms with Gasteiger partial charge in [-0.3, -0.25) is 4.40 Å². The average Bonchev–Trinajstić information content (AvgIpc) is 2.94. The van der Waals surface area contributed by atoms with Gasteiger partial charge in [-0.05, 0) is 19.1 Å². The lowest BCUT2D eigenvalue weighted by molar-refractivity contribution is 1.01. The molecule has 4 aromatic rings. The third-order valence-corrected chi connectivity index (χ3v) is 3.55. The van der Waals surface area contributed by atoms with Crippen molar-refractivity contribution < 1.29 is 0 Å². The van der Waals surface area contributed by atoms with Gasteiger partial charge in [-0.1, -0.05) is 42.5 Å². The van der Waals surface area contributed by atoms with Gasteiger partial charge in [0.2, 0.25) is 0 Å². The number of rotatable bonds is 1. The third-order valence-electron chi connectivity index (χ3n) is 3.55. The van der Waals surface area contributed by atoms with Gasteiger partial charge in [0.15, 0.2) is 0 Å². The van der Waals surface area contributed by atoms with Gasteiger partial charge in [-0.15, -0.1) is 0 Å². The summed E-state index contributed by atoms with van der Waals surface area (Å²) in [5, 5.41) is 1.08. The Labute approximate surface area is 116 Å². The molecular formula is C17H13N3. The highest BCUT2D eigenvalue weighted by Crippen LogP contribution is 2.24. The summed E-state index contributed by atoms with van der Waals surface area (Å²) in [6.45, 7) is 2.01. The van der Waals surface area contributed by atoms with E-state index in [0.717, 1.165) is 33.6 Å². The highest BCUT2D eigenvalue weighted by Gasteiger charge is 2.10. The summed E-state index contributed by atoms with van der Waals surface area (Å²) in [5.74, 6) is 0.952. The van der Waals surface area contributed by atoms with Crippen molar-refractivity contribution in [1.29, 1.82) is 0 Å². The van der Waals surface area contributed by atoms with E-state index in [1.807, 2.05) is 43.3 Å². The molecular weight excluding hydrogens is 246 g/mol. The molecule has 0 aliphatic carbocycles. The summed E-state index contributed by atoms with van der Waals surface area (Å²) in [4.78, 5) is 9.43. The van der Waals surface area contributed by atoms with E-state index in [1.165, 1.54) is 0 Å². The van der Waals surface area contributed by atoms with Crippen molar-refractivity contribution in [1.82, 2.24) is 14.4 Å². The lowest BCUT2D eigenvalue weighted by atomic mass is 10.2. The van der Waals surface area contributed by atoms with Gasteiger partial charge in [0.25, 0.3) is 0 Å². The van der Waals surface area contributed by atoms with E-state index in [2.05, 4.69) is 33.8 Å². The lowest BCUT2D eigenvalue weighted by Gasteiger charge is -2.02. The van der Waals surface area contributed by atoms with Crippen LogP contribution >= 0.6 is 0 Å². The van der Waals surface area contributed by atoms with Crippen molar-refractivity contribution >= 4 is 16.6 Å². The summed E-state index contributed by atoms with van der Waals surface area (Å²) in [6.07, 6.45) is 2.06. The second-order valence-electron chi connectivity index (χ2n) is 4.86. The first-order chi connectivity index (χ1) is 9.83. The molecule has 0 saturated carbocycles. The number of aromatic nitrogens is 3. The Morgan fingerprint density at radius 2 is 1.60 bits per heavy atom. The molecule has 0 aliphatic heterocycles. The summed E-state index contributed by atoms with van der Waals surface area (Å²) < 4.78 is 2.06. The highest BCUT2D eigenvalue weighted by molar-refractivity contribution is 5.92. The van der Waals surface area contributed by atoms with E-state index in [-0.39, 0.29) is 0 Å². The SMILES string of the molecule is Cc1nc2ccccc2c2nc(-c3ccccc3)cn12. The molecule has 2 aromatic heterocycles. The standard InChI is InChI=1S/C17H13N3/c1-12-18-15-10-6-5-9-14(15)17-19-16(11-20(12)17)13-7-3-2-4-8-13/h2-11H,1H3. The molecule has 20 heavy (non-hydrogen) atoms. The normalized spacial score (nSPS) is 11.2. The molecule has 0 unspecified atom stereocenters. The number of imidazole rings is 1. The third kappa shape index (κ3) is 1.60. The van der Waals surface area contributed by atoms with Crippen molar-refractivity contribution in [3.63, 3.8) is 0 Å². The Kier molecular flexibility index (Phi) is 2.33. The molecule has 2 aromatic carbocycles. The predicted molar refractivity (Wildman–Crippen MR) is 80.7 cm³/mol. The Bertz CT molecular complexity index is 907. The predicted octanol–water partition coefficient (Wildman–Crippen LogP) is 3.86. The van der Waals surface area contributed by atoms with Crippen molar-refractivity contribution in [2.75, 3.05) is 0 Å². The van der Waals surface area contributed by atoms with Crippen LogP contribution < -0.4 is 0 Å². The number of hydrogen-bond donors (Lipinski definition) is 0. The fourth-order valence-electron chi connectivity index (χ4n) is 2.55. The van der Waals surface area contributed by atoms with E-state index in [0.29, 0.717) is 0 Å². The van der Waals surface area contributed by atoms with Crippen molar-refractivity contribution in [2.24, 2.45) is 0 Å².